The molecule has 0 aliphatic carbocycles. The molecule has 0 aliphatic heterocycles. The molecule has 134 valence electrons. The van der Waals surface area contributed by atoms with Gasteiger partial charge in [-0.25, -0.2) is 4.98 Å². The van der Waals surface area contributed by atoms with Gasteiger partial charge in [0.1, 0.15) is 0 Å². The van der Waals surface area contributed by atoms with Crippen LogP contribution in [0.15, 0.2) is 72.4 Å². The number of aliphatic imine (C=N–C) groups is 1. The molecule has 3 rings (SSSR count). The molecule has 0 atom stereocenters. The molecule has 3 aromatic rings. The van der Waals surface area contributed by atoms with E-state index in [1.54, 1.807) is 13.2 Å². The topological polar surface area (TPSA) is 67.1 Å². The van der Waals surface area contributed by atoms with Crippen molar-refractivity contribution in [2.45, 2.75) is 19.5 Å². The fourth-order valence-electron chi connectivity index (χ4n) is 2.69. The van der Waals surface area contributed by atoms with E-state index in [0.717, 1.165) is 37.7 Å². The summed E-state index contributed by atoms with van der Waals surface area (Å²) in [4.78, 5) is 12.7. The van der Waals surface area contributed by atoms with Crippen LogP contribution in [0, 0.1) is 0 Å². The molecule has 0 radical (unpaired) electrons. The van der Waals surface area contributed by atoms with Gasteiger partial charge in [-0.3, -0.25) is 9.98 Å². The van der Waals surface area contributed by atoms with Crippen LogP contribution in [0.1, 0.15) is 16.8 Å². The second kappa shape index (κ2) is 9.36. The minimum atomic E-state index is 0.723. The SMILES string of the molecule is CN=C(NCCc1ccccn1)NCc1cccc(Cn2ccnc2)c1. The lowest BCUT2D eigenvalue weighted by atomic mass is 10.1. The van der Waals surface area contributed by atoms with Crippen molar-refractivity contribution in [1.29, 1.82) is 0 Å². The highest BCUT2D eigenvalue weighted by molar-refractivity contribution is 5.79. The summed E-state index contributed by atoms with van der Waals surface area (Å²) in [6.07, 6.45) is 8.28. The molecule has 0 saturated heterocycles. The van der Waals surface area contributed by atoms with Gasteiger partial charge in [-0.2, -0.15) is 0 Å². The molecule has 0 bridgehead atoms. The van der Waals surface area contributed by atoms with Crippen LogP contribution in [0.25, 0.3) is 0 Å². The predicted octanol–water partition coefficient (Wildman–Crippen LogP) is 2.23. The predicted molar refractivity (Wildman–Crippen MR) is 104 cm³/mol. The van der Waals surface area contributed by atoms with Crippen LogP contribution in [0.5, 0.6) is 0 Å². The van der Waals surface area contributed by atoms with Gasteiger partial charge in [0.05, 0.1) is 6.33 Å². The standard InChI is InChI=1S/C20H24N6/c1-21-20(24-10-8-19-7-2-3-9-23-19)25-14-17-5-4-6-18(13-17)15-26-12-11-22-16-26/h2-7,9,11-13,16H,8,10,14-15H2,1H3,(H2,21,24,25). The van der Waals surface area contributed by atoms with E-state index in [4.69, 9.17) is 0 Å². The lowest BCUT2D eigenvalue weighted by Crippen LogP contribution is -2.37. The Balaban J connectivity index is 1.47. The molecular formula is C20H24N6. The Labute approximate surface area is 154 Å². The highest BCUT2D eigenvalue weighted by atomic mass is 15.2. The normalized spacial score (nSPS) is 11.3. The van der Waals surface area contributed by atoms with E-state index in [9.17, 15) is 0 Å². The quantitative estimate of drug-likeness (QED) is 0.508. The Morgan fingerprint density at radius 3 is 2.77 bits per heavy atom. The van der Waals surface area contributed by atoms with Crippen LogP contribution in [-0.2, 0) is 19.5 Å². The third-order valence-electron chi connectivity index (χ3n) is 4.00. The summed E-state index contributed by atoms with van der Waals surface area (Å²) < 4.78 is 2.06. The van der Waals surface area contributed by atoms with Crippen molar-refractivity contribution in [3.05, 3.63) is 84.2 Å². The Bertz CT molecular complexity index is 811. The summed E-state index contributed by atoms with van der Waals surface area (Å²) >= 11 is 0. The van der Waals surface area contributed by atoms with E-state index in [0.29, 0.717) is 0 Å². The maximum Gasteiger partial charge on any atom is 0.191 e. The second-order valence-electron chi connectivity index (χ2n) is 5.98. The summed E-state index contributed by atoms with van der Waals surface area (Å²) in [5.74, 6) is 0.793. The number of nitrogens with zero attached hydrogens (tertiary/aromatic N) is 4. The first kappa shape index (κ1) is 17.7. The average Bonchev–Trinajstić information content (AvgIpc) is 3.18. The molecule has 0 unspecified atom stereocenters. The molecule has 6 heteroatoms. The Morgan fingerprint density at radius 1 is 1.08 bits per heavy atom. The highest BCUT2D eigenvalue weighted by Gasteiger charge is 2.01. The van der Waals surface area contributed by atoms with Gasteiger partial charge in [0, 0.05) is 57.4 Å². The zero-order chi connectivity index (χ0) is 18.0. The first-order chi connectivity index (χ1) is 12.8. The molecule has 0 saturated carbocycles. The van der Waals surface area contributed by atoms with Crippen LogP contribution in [-0.4, -0.2) is 34.1 Å². The van der Waals surface area contributed by atoms with E-state index in [-0.39, 0.29) is 0 Å². The molecule has 0 aliphatic rings. The fraction of sp³-hybridized carbons (Fsp3) is 0.250. The summed E-state index contributed by atoms with van der Waals surface area (Å²) in [5, 5.41) is 6.68. The van der Waals surface area contributed by atoms with Gasteiger partial charge in [0.2, 0.25) is 0 Å². The molecule has 1 aromatic carbocycles. The first-order valence-corrected chi connectivity index (χ1v) is 8.71. The van der Waals surface area contributed by atoms with Crippen molar-refractivity contribution < 1.29 is 0 Å². The molecule has 0 amide bonds. The number of benzene rings is 1. The van der Waals surface area contributed by atoms with E-state index < -0.39 is 0 Å². The maximum atomic E-state index is 4.33. The van der Waals surface area contributed by atoms with Crippen molar-refractivity contribution >= 4 is 5.96 Å². The maximum absolute atomic E-state index is 4.33. The number of hydrogen-bond acceptors (Lipinski definition) is 3. The van der Waals surface area contributed by atoms with Crippen LogP contribution >= 0.6 is 0 Å². The minimum Gasteiger partial charge on any atom is -0.356 e. The van der Waals surface area contributed by atoms with Crippen LogP contribution in [0.3, 0.4) is 0 Å². The highest BCUT2D eigenvalue weighted by Crippen LogP contribution is 2.07. The van der Waals surface area contributed by atoms with Crippen LogP contribution in [0.2, 0.25) is 0 Å². The molecule has 6 nitrogen and oxygen atoms in total. The third kappa shape index (κ3) is 5.44. The monoisotopic (exact) mass is 348 g/mol. The first-order valence-electron chi connectivity index (χ1n) is 8.71. The van der Waals surface area contributed by atoms with Gasteiger partial charge in [-0.05, 0) is 23.3 Å². The smallest absolute Gasteiger partial charge is 0.191 e. The number of pyridine rings is 1. The van der Waals surface area contributed by atoms with Crippen molar-refractivity contribution in [1.82, 2.24) is 25.2 Å². The lowest BCUT2D eigenvalue weighted by molar-refractivity contribution is 0.777. The van der Waals surface area contributed by atoms with E-state index in [1.807, 2.05) is 36.9 Å². The number of guanidine groups is 1. The molecule has 2 aromatic heterocycles. The van der Waals surface area contributed by atoms with Gasteiger partial charge in [-0.1, -0.05) is 30.3 Å². The van der Waals surface area contributed by atoms with Crippen LogP contribution in [0.4, 0.5) is 0 Å². The van der Waals surface area contributed by atoms with Crippen LogP contribution < -0.4 is 10.6 Å². The van der Waals surface area contributed by atoms with Crippen molar-refractivity contribution in [2.24, 2.45) is 4.99 Å². The zero-order valence-corrected chi connectivity index (χ0v) is 15.0. The molecule has 26 heavy (non-hydrogen) atoms. The number of nitrogens with one attached hydrogen (secondary N) is 2. The zero-order valence-electron chi connectivity index (χ0n) is 15.0. The number of aromatic nitrogens is 3. The summed E-state index contributed by atoms with van der Waals surface area (Å²) in [6, 6.07) is 14.5. The van der Waals surface area contributed by atoms with Crippen molar-refractivity contribution in [3.63, 3.8) is 0 Å². The fourth-order valence-corrected chi connectivity index (χ4v) is 2.69. The molecule has 2 N–H and O–H groups in total. The summed E-state index contributed by atoms with van der Waals surface area (Å²) in [7, 11) is 1.78. The van der Waals surface area contributed by atoms with Gasteiger partial charge in [0.25, 0.3) is 0 Å². The minimum absolute atomic E-state index is 0.723. The summed E-state index contributed by atoms with van der Waals surface area (Å²) in [6.45, 7) is 2.34. The summed E-state index contributed by atoms with van der Waals surface area (Å²) in [5.41, 5.74) is 3.54. The number of rotatable bonds is 7. The van der Waals surface area contributed by atoms with Gasteiger partial charge >= 0.3 is 0 Å². The average molecular weight is 348 g/mol. The molecule has 0 fully saturated rings. The van der Waals surface area contributed by atoms with Gasteiger partial charge < -0.3 is 15.2 Å². The van der Waals surface area contributed by atoms with Crippen molar-refractivity contribution in [2.75, 3.05) is 13.6 Å². The van der Waals surface area contributed by atoms with E-state index in [1.165, 1.54) is 11.1 Å². The van der Waals surface area contributed by atoms with E-state index in [2.05, 4.69) is 54.4 Å². The lowest BCUT2D eigenvalue weighted by Gasteiger charge is -2.12. The van der Waals surface area contributed by atoms with E-state index >= 15 is 0 Å². The Kier molecular flexibility index (Phi) is 6.36. The molecule has 2 heterocycles. The molecule has 0 spiro atoms. The number of hydrogen-bond donors (Lipinski definition) is 2. The third-order valence-corrected chi connectivity index (χ3v) is 4.00. The van der Waals surface area contributed by atoms with Crippen molar-refractivity contribution in [3.8, 4) is 0 Å². The molecular weight excluding hydrogens is 324 g/mol. The Morgan fingerprint density at radius 2 is 2.00 bits per heavy atom. The second-order valence-corrected chi connectivity index (χ2v) is 5.98. The van der Waals surface area contributed by atoms with Gasteiger partial charge in [-0.15, -0.1) is 0 Å². The Hall–Kier alpha value is -3.15. The van der Waals surface area contributed by atoms with Gasteiger partial charge in [0.15, 0.2) is 5.96 Å². The largest absolute Gasteiger partial charge is 0.356 e. The number of imidazole rings is 1.